The summed E-state index contributed by atoms with van der Waals surface area (Å²) in [5, 5.41) is 9.64. The van der Waals surface area contributed by atoms with Gasteiger partial charge in [0, 0.05) is 12.1 Å². The Labute approximate surface area is 97.7 Å². The summed E-state index contributed by atoms with van der Waals surface area (Å²) in [6.07, 6.45) is -1.03. The van der Waals surface area contributed by atoms with Crippen LogP contribution in [0.2, 0.25) is 5.02 Å². The Hall–Kier alpha value is -1.04. The first kappa shape index (κ1) is 13.0. The summed E-state index contributed by atoms with van der Waals surface area (Å²) < 4.78 is 23.5. The molecule has 90 valence electrons. The molecule has 1 aromatic carbocycles. The van der Waals surface area contributed by atoms with Gasteiger partial charge in [0.1, 0.15) is 0 Å². The fourth-order valence-electron chi connectivity index (χ4n) is 1.37. The van der Waals surface area contributed by atoms with Crippen molar-refractivity contribution < 1.29 is 19.0 Å². The van der Waals surface area contributed by atoms with E-state index in [1.54, 1.807) is 0 Å². The third-order valence-corrected chi connectivity index (χ3v) is 2.43. The number of aliphatic hydroxyl groups is 1. The first-order chi connectivity index (χ1) is 7.56. The van der Waals surface area contributed by atoms with Crippen molar-refractivity contribution in [3.63, 3.8) is 0 Å². The molecule has 0 aliphatic rings. The monoisotopic (exact) mass is 249 g/mol. The molecule has 16 heavy (non-hydrogen) atoms. The highest BCUT2D eigenvalue weighted by molar-refractivity contribution is 6.32. The van der Waals surface area contributed by atoms with Gasteiger partial charge in [-0.05, 0) is 6.07 Å². The first-order valence-corrected chi connectivity index (χ1v) is 4.92. The van der Waals surface area contributed by atoms with Gasteiger partial charge >= 0.3 is 0 Å². The van der Waals surface area contributed by atoms with Crippen LogP contribution in [0.4, 0.5) is 4.39 Å². The second kappa shape index (κ2) is 5.34. The van der Waals surface area contributed by atoms with E-state index in [2.05, 4.69) is 0 Å². The zero-order valence-corrected chi connectivity index (χ0v) is 9.71. The topological polar surface area (TPSA) is 64.7 Å². The maximum absolute atomic E-state index is 13.8. The minimum Gasteiger partial charge on any atom is -0.493 e. The minimum atomic E-state index is -1.03. The molecule has 0 aliphatic heterocycles. The lowest BCUT2D eigenvalue weighted by Gasteiger charge is -2.16. The van der Waals surface area contributed by atoms with Crippen LogP contribution >= 0.6 is 11.6 Å². The number of benzene rings is 1. The maximum atomic E-state index is 13.8. The van der Waals surface area contributed by atoms with Crippen LogP contribution < -0.4 is 15.2 Å². The highest BCUT2D eigenvalue weighted by atomic mass is 35.5. The van der Waals surface area contributed by atoms with E-state index in [1.807, 2.05) is 0 Å². The van der Waals surface area contributed by atoms with Crippen LogP contribution in [0.3, 0.4) is 0 Å². The summed E-state index contributed by atoms with van der Waals surface area (Å²) in [6.45, 7) is -0.0571. The van der Waals surface area contributed by atoms with Crippen LogP contribution in [0.1, 0.15) is 11.7 Å². The van der Waals surface area contributed by atoms with Crippen molar-refractivity contribution in [1.82, 2.24) is 0 Å². The molecule has 0 heterocycles. The lowest BCUT2D eigenvalue weighted by Crippen LogP contribution is -2.13. The van der Waals surface area contributed by atoms with Crippen molar-refractivity contribution in [3.05, 3.63) is 22.5 Å². The Kier molecular flexibility index (Phi) is 4.35. The van der Waals surface area contributed by atoms with E-state index in [9.17, 15) is 9.50 Å². The number of rotatable bonds is 4. The number of nitrogens with two attached hydrogens (primary N) is 1. The third-order valence-electron chi connectivity index (χ3n) is 2.15. The van der Waals surface area contributed by atoms with Crippen molar-refractivity contribution in [3.8, 4) is 11.5 Å². The molecular formula is C10H13ClFNO3. The molecule has 4 nitrogen and oxygen atoms in total. The molecule has 1 unspecified atom stereocenters. The Morgan fingerprint density at radius 3 is 2.44 bits per heavy atom. The standard InChI is InChI=1S/C10H13ClFNO3/c1-15-9-5(7(14)4-13)3-6(11)10(16-2)8(9)12/h3,7,14H,4,13H2,1-2H3. The molecule has 0 aromatic heterocycles. The van der Waals surface area contributed by atoms with E-state index in [0.29, 0.717) is 0 Å². The van der Waals surface area contributed by atoms with Crippen LogP contribution in [0.15, 0.2) is 6.07 Å². The van der Waals surface area contributed by atoms with Gasteiger partial charge in [-0.25, -0.2) is 0 Å². The van der Waals surface area contributed by atoms with Crippen LogP contribution in [0.5, 0.6) is 11.5 Å². The number of methoxy groups -OCH3 is 2. The predicted octanol–water partition coefficient (Wildman–Crippen LogP) is 1.49. The quantitative estimate of drug-likeness (QED) is 0.849. The van der Waals surface area contributed by atoms with Crippen LogP contribution in [0, 0.1) is 5.82 Å². The molecule has 6 heteroatoms. The molecule has 0 saturated carbocycles. The third kappa shape index (κ3) is 2.21. The molecule has 0 saturated heterocycles. The molecule has 1 atom stereocenters. The summed E-state index contributed by atoms with van der Waals surface area (Å²) >= 11 is 5.79. The fraction of sp³-hybridized carbons (Fsp3) is 0.400. The Bertz CT molecular complexity index is 387. The number of halogens is 2. The highest BCUT2D eigenvalue weighted by Gasteiger charge is 2.22. The molecule has 1 rings (SSSR count). The average molecular weight is 250 g/mol. The molecule has 1 aromatic rings. The van der Waals surface area contributed by atoms with Gasteiger partial charge in [0.2, 0.25) is 5.82 Å². The summed E-state index contributed by atoms with van der Waals surface area (Å²) in [4.78, 5) is 0. The van der Waals surface area contributed by atoms with Crippen molar-refractivity contribution >= 4 is 11.6 Å². The molecule has 0 radical (unpaired) electrons. The predicted molar refractivity (Wildman–Crippen MR) is 58.5 cm³/mol. The Morgan fingerprint density at radius 2 is 2.00 bits per heavy atom. The van der Waals surface area contributed by atoms with E-state index in [0.717, 1.165) is 0 Å². The van der Waals surface area contributed by atoms with Crippen molar-refractivity contribution in [1.29, 1.82) is 0 Å². The van der Waals surface area contributed by atoms with Crippen LogP contribution in [-0.4, -0.2) is 25.9 Å². The largest absolute Gasteiger partial charge is 0.493 e. The molecule has 0 aliphatic carbocycles. The SMILES string of the molecule is COc1c(Cl)cc(C(O)CN)c(OC)c1F. The Balaban J connectivity index is 3.40. The van der Waals surface area contributed by atoms with E-state index in [-0.39, 0.29) is 28.6 Å². The zero-order chi connectivity index (χ0) is 12.3. The Morgan fingerprint density at radius 1 is 1.44 bits per heavy atom. The van der Waals surface area contributed by atoms with Gasteiger partial charge in [0.05, 0.1) is 25.3 Å². The molecule has 0 bridgehead atoms. The van der Waals surface area contributed by atoms with Gasteiger partial charge in [-0.3, -0.25) is 0 Å². The number of aliphatic hydroxyl groups excluding tert-OH is 1. The van der Waals surface area contributed by atoms with Gasteiger partial charge in [-0.1, -0.05) is 11.6 Å². The van der Waals surface area contributed by atoms with Crippen molar-refractivity contribution in [2.75, 3.05) is 20.8 Å². The highest BCUT2D eigenvalue weighted by Crippen LogP contribution is 2.39. The first-order valence-electron chi connectivity index (χ1n) is 4.54. The molecule has 0 fully saturated rings. The van der Waals surface area contributed by atoms with Gasteiger partial charge in [-0.2, -0.15) is 4.39 Å². The summed E-state index contributed by atoms with van der Waals surface area (Å²) in [7, 11) is 2.58. The summed E-state index contributed by atoms with van der Waals surface area (Å²) in [6, 6.07) is 1.37. The van der Waals surface area contributed by atoms with Gasteiger partial charge < -0.3 is 20.3 Å². The normalized spacial score (nSPS) is 12.4. The lowest BCUT2D eigenvalue weighted by atomic mass is 10.1. The maximum Gasteiger partial charge on any atom is 0.208 e. The zero-order valence-electron chi connectivity index (χ0n) is 8.96. The van der Waals surface area contributed by atoms with Crippen LogP contribution in [-0.2, 0) is 0 Å². The molecule has 0 spiro atoms. The second-order valence-electron chi connectivity index (χ2n) is 3.08. The van der Waals surface area contributed by atoms with E-state index in [4.69, 9.17) is 26.8 Å². The molecular weight excluding hydrogens is 237 g/mol. The van der Waals surface area contributed by atoms with Crippen molar-refractivity contribution in [2.45, 2.75) is 6.10 Å². The molecule has 0 amide bonds. The second-order valence-corrected chi connectivity index (χ2v) is 3.49. The van der Waals surface area contributed by atoms with Gasteiger partial charge in [-0.15, -0.1) is 0 Å². The van der Waals surface area contributed by atoms with E-state index < -0.39 is 11.9 Å². The smallest absolute Gasteiger partial charge is 0.208 e. The summed E-state index contributed by atoms with van der Waals surface area (Å²) in [5.74, 6) is -0.981. The van der Waals surface area contributed by atoms with Crippen molar-refractivity contribution in [2.24, 2.45) is 5.73 Å². The van der Waals surface area contributed by atoms with Gasteiger partial charge in [0.15, 0.2) is 11.5 Å². The van der Waals surface area contributed by atoms with E-state index in [1.165, 1.54) is 20.3 Å². The fourth-order valence-corrected chi connectivity index (χ4v) is 1.65. The minimum absolute atomic E-state index is 0.0571. The lowest BCUT2D eigenvalue weighted by molar-refractivity contribution is 0.180. The summed E-state index contributed by atoms with van der Waals surface area (Å²) in [5.41, 5.74) is 5.50. The molecule has 3 N–H and O–H groups in total. The van der Waals surface area contributed by atoms with Gasteiger partial charge in [0.25, 0.3) is 0 Å². The number of hydrogen-bond donors (Lipinski definition) is 2. The van der Waals surface area contributed by atoms with E-state index >= 15 is 0 Å². The van der Waals surface area contributed by atoms with Crippen LogP contribution in [0.25, 0.3) is 0 Å². The average Bonchev–Trinajstić information content (AvgIpc) is 2.28. The number of hydrogen-bond acceptors (Lipinski definition) is 4. The number of ether oxygens (including phenoxy) is 2.